The summed E-state index contributed by atoms with van der Waals surface area (Å²) >= 11 is 0. The highest BCUT2D eigenvalue weighted by molar-refractivity contribution is 5.36. The zero-order valence-electron chi connectivity index (χ0n) is 11.2. The molecule has 3 atom stereocenters. The topological polar surface area (TPSA) is 21.3 Å². The van der Waals surface area contributed by atoms with Crippen molar-refractivity contribution in [3.63, 3.8) is 0 Å². The molecule has 98 valence electrons. The monoisotopic (exact) mass is 245 g/mol. The van der Waals surface area contributed by atoms with Crippen LogP contribution in [0.15, 0.2) is 24.3 Å². The predicted octanol–water partition coefficient (Wildman–Crippen LogP) is 3.68. The van der Waals surface area contributed by atoms with E-state index in [1.54, 1.807) is 0 Å². The van der Waals surface area contributed by atoms with Crippen LogP contribution in [0.4, 0.5) is 0 Å². The van der Waals surface area contributed by atoms with E-state index in [1.807, 2.05) is 0 Å². The molecule has 0 spiro atoms. The van der Waals surface area contributed by atoms with Gasteiger partial charge in [-0.05, 0) is 44.6 Å². The van der Waals surface area contributed by atoms with Crippen molar-refractivity contribution in [2.24, 2.45) is 5.92 Å². The minimum atomic E-state index is 0.493. The molecule has 1 N–H and O–H groups in total. The van der Waals surface area contributed by atoms with Crippen molar-refractivity contribution in [1.29, 1.82) is 0 Å². The van der Waals surface area contributed by atoms with E-state index in [2.05, 4.69) is 36.5 Å². The first-order valence-corrected chi connectivity index (χ1v) is 7.36. The fraction of sp³-hybridized carbons (Fsp3) is 0.625. The van der Waals surface area contributed by atoms with Gasteiger partial charge in [0.2, 0.25) is 0 Å². The van der Waals surface area contributed by atoms with Gasteiger partial charge in [0, 0.05) is 17.6 Å². The Labute approximate surface area is 110 Å². The summed E-state index contributed by atoms with van der Waals surface area (Å²) in [6.45, 7) is 2.80. The van der Waals surface area contributed by atoms with E-state index < -0.39 is 0 Å². The number of para-hydroxylation sites is 1. The second kappa shape index (κ2) is 5.31. The Morgan fingerprint density at radius 3 is 2.94 bits per heavy atom. The normalized spacial score (nSPS) is 31.1. The van der Waals surface area contributed by atoms with Crippen LogP contribution in [0, 0.1) is 5.92 Å². The molecule has 1 heterocycles. The molecule has 0 radical (unpaired) electrons. The van der Waals surface area contributed by atoms with Crippen molar-refractivity contribution in [3.05, 3.63) is 29.8 Å². The van der Waals surface area contributed by atoms with Crippen LogP contribution in [0.1, 0.15) is 50.6 Å². The van der Waals surface area contributed by atoms with Crippen molar-refractivity contribution >= 4 is 0 Å². The first-order valence-electron chi connectivity index (χ1n) is 7.36. The Balaban J connectivity index is 1.78. The van der Waals surface area contributed by atoms with E-state index in [1.165, 1.54) is 37.7 Å². The van der Waals surface area contributed by atoms with E-state index in [9.17, 15) is 0 Å². The Kier molecular flexibility index (Phi) is 3.55. The number of hydrogen-bond acceptors (Lipinski definition) is 2. The van der Waals surface area contributed by atoms with Crippen LogP contribution >= 0.6 is 0 Å². The lowest BCUT2D eigenvalue weighted by atomic mass is 9.87. The van der Waals surface area contributed by atoms with Crippen LogP contribution in [0.2, 0.25) is 0 Å². The molecule has 1 aliphatic carbocycles. The third-order valence-electron chi connectivity index (χ3n) is 4.49. The second-order valence-corrected chi connectivity index (χ2v) is 5.56. The van der Waals surface area contributed by atoms with Gasteiger partial charge in [-0.25, -0.2) is 0 Å². The first kappa shape index (κ1) is 12.0. The van der Waals surface area contributed by atoms with Gasteiger partial charge in [-0.3, -0.25) is 0 Å². The highest BCUT2D eigenvalue weighted by Crippen LogP contribution is 2.39. The van der Waals surface area contributed by atoms with Gasteiger partial charge in [0.05, 0.1) is 6.61 Å². The molecule has 1 aromatic rings. The third-order valence-corrected chi connectivity index (χ3v) is 4.49. The van der Waals surface area contributed by atoms with Gasteiger partial charge in [-0.2, -0.15) is 0 Å². The van der Waals surface area contributed by atoms with Gasteiger partial charge in [-0.15, -0.1) is 0 Å². The fourth-order valence-electron chi connectivity index (χ4n) is 3.62. The summed E-state index contributed by atoms with van der Waals surface area (Å²) < 4.78 is 5.76. The molecule has 1 aliphatic heterocycles. The largest absolute Gasteiger partial charge is 0.494 e. The number of ether oxygens (including phenoxy) is 1. The van der Waals surface area contributed by atoms with Gasteiger partial charge in [0.1, 0.15) is 5.75 Å². The molecule has 2 nitrogen and oxygen atoms in total. The van der Waals surface area contributed by atoms with Crippen molar-refractivity contribution in [2.45, 2.75) is 51.1 Å². The Morgan fingerprint density at radius 2 is 2.06 bits per heavy atom. The van der Waals surface area contributed by atoms with E-state index in [4.69, 9.17) is 4.74 Å². The van der Waals surface area contributed by atoms with Crippen LogP contribution in [-0.2, 0) is 0 Å². The molecule has 2 fully saturated rings. The SMILES string of the molecule is CCOc1ccccc1C1CCC2CCCC2N1. The zero-order valence-corrected chi connectivity index (χ0v) is 11.2. The van der Waals surface area contributed by atoms with Gasteiger partial charge < -0.3 is 10.1 Å². The maximum atomic E-state index is 5.76. The summed E-state index contributed by atoms with van der Waals surface area (Å²) in [7, 11) is 0. The predicted molar refractivity (Wildman–Crippen MR) is 73.9 cm³/mol. The Hall–Kier alpha value is -1.02. The maximum Gasteiger partial charge on any atom is 0.124 e. The number of nitrogens with one attached hydrogen (secondary N) is 1. The van der Waals surface area contributed by atoms with Crippen molar-refractivity contribution in [3.8, 4) is 5.75 Å². The minimum absolute atomic E-state index is 0.493. The second-order valence-electron chi connectivity index (χ2n) is 5.56. The minimum Gasteiger partial charge on any atom is -0.494 e. The van der Waals surface area contributed by atoms with E-state index >= 15 is 0 Å². The number of fused-ring (bicyclic) bond motifs is 1. The van der Waals surface area contributed by atoms with E-state index in [0.29, 0.717) is 6.04 Å². The van der Waals surface area contributed by atoms with E-state index in [0.717, 1.165) is 24.3 Å². The number of hydrogen-bond donors (Lipinski definition) is 1. The molecule has 0 bridgehead atoms. The van der Waals surface area contributed by atoms with Gasteiger partial charge >= 0.3 is 0 Å². The quantitative estimate of drug-likeness (QED) is 0.877. The van der Waals surface area contributed by atoms with Gasteiger partial charge in [0.25, 0.3) is 0 Å². The first-order chi connectivity index (χ1) is 8.88. The molecule has 0 amide bonds. The standard InChI is InChI=1S/C16H23NO/c1-2-18-16-9-4-3-7-13(16)15-11-10-12-6-5-8-14(12)17-15/h3-4,7,9,12,14-15,17H,2,5-6,8,10-11H2,1H3. The van der Waals surface area contributed by atoms with Crippen molar-refractivity contribution in [1.82, 2.24) is 5.32 Å². The average molecular weight is 245 g/mol. The molecular weight excluding hydrogens is 222 g/mol. The highest BCUT2D eigenvalue weighted by atomic mass is 16.5. The molecule has 3 rings (SSSR count). The Morgan fingerprint density at radius 1 is 1.17 bits per heavy atom. The lowest BCUT2D eigenvalue weighted by molar-refractivity contribution is 0.253. The molecule has 2 aliphatic rings. The highest BCUT2D eigenvalue weighted by Gasteiger charge is 2.34. The maximum absolute atomic E-state index is 5.76. The summed E-state index contributed by atoms with van der Waals surface area (Å²) in [5.74, 6) is 1.99. The molecule has 1 saturated carbocycles. The molecule has 3 unspecified atom stereocenters. The molecule has 0 aromatic heterocycles. The summed E-state index contributed by atoms with van der Waals surface area (Å²) in [6, 6.07) is 9.75. The number of rotatable bonds is 3. The van der Waals surface area contributed by atoms with E-state index in [-0.39, 0.29) is 0 Å². The summed E-state index contributed by atoms with van der Waals surface area (Å²) in [5.41, 5.74) is 1.35. The Bertz CT molecular complexity index is 404. The lowest BCUT2D eigenvalue weighted by Gasteiger charge is -2.34. The molecule has 2 heteroatoms. The number of benzene rings is 1. The fourth-order valence-corrected chi connectivity index (χ4v) is 3.62. The molecule has 1 aromatic carbocycles. The lowest BCUT2D eigenvalue weighted by Crippen LogP contribution is -2.40. The van der Waals surface area contributed by atoms with Crippen LogP contribution in [-0.4, -0.2) is 12.6 Å². The molecule has 18 heavy (non-hydrogen) atoms. The van der Waals surface area contributed by atoms with Crippen molar-refractivity contribution < 1.29 is 4.74 Å². The number of piperidine rings is 1. The summed E-state index contributed by atoms with van der Waals surface area (Å²) in [4.78, 5) is 0. The average Bonchev–Trinajstić information content (AvgIpc) is 2.87. The molecule has 1 saturated heterocycles. The van der Waals surface area contributed by atoms with Gasteiger partial charge in [0.15, 0.2) is 0 Å². The van der Waals surface area contributed by atoms with Crippen LogP contribution in [0.25, 0.3) is 0 Å². The van der Waals surface area contributed by atoms with Gasteiger partial charge in [-0.1, -0.05) is 24.6 Å². The van der Waals surface area contributed by atoms with Crippen molar-refractivity contribution in [2.75, 3.05) is 6.61 Å². The summed E-state index contributed by atoms with van der Waals surface area (Å²) in [6.07, 6.45) is 6.83. The smallest absolute Gasteiger partial charge is 0.124 e. The van der Waals surface area contributed by atoms with Crippen LogP contribution in [0.5, 0.6) is 5.75 Å². The molecular formula is C16H23NO. The summed E-state index contributed by atoms with van der Waals surface area (Å²) in [5, 5.41) is 3.85. The van der Waals surface area contributed by atoms with Crippen LogP contribution in [0.3, 0.4) is 0 Å². The van der Waals surface area contributed by atoms with Crippen LogP contribution < -0.4 is 10.1 Å². The third kappa shape index (κ3) is 2.26. The zero-order chi connectivity index (χ0) is 12.4.